The molecule has 0 aromatic heterocycles. The van der Waals surface area contributed by atoms with E-state index < -0.39 is 16.0 Å². The van der Waals surface area contributed by atoms with Gasteiger partial charge in [-0.2, -0.15) is 4.31 Å². The zero-order valence-corrected chi connectivity index (χ0v) is 18.7. The highest BCUT2D eigenvalue weighted by molar-refractivity contribution is 7.89. The van der Waals surface area contributed by atoms with E-state index in [0.29, 0.717) is 36.8 Å². The molecule has 0 radical (unpaired) electrons. The molecule has 2 aromatic carbocycles. The van der Waals surface area contributed by atoms with Gasteiger partial charge in [-0.25, -0.2) is 13.2 Å². The van der Waals surface area contributed by atoms with Crippen LogP contribution in [0.2, 0.25) is 0 Å². The van der Waals surface area contributed by atoms with Crippen molar-refractivity contribution in [3.63, 3.8) is 0 Å². The van der Waals surface area contributed by atoms with Gasteiger partial charge in [-0.05, 0) is 37.6 Å². The lowest BCUT2D eigenvalue weighted by molar-refractivity contribution is -0.117. The lowest BCUT2D eigenvalue weighted by Gasteiger charge is -2.33. The number of ether oxygens (including phenoxy) is 1. The third kappa shape index (κ3) is 5.30. The highest BCUT2D eigenvalue weighted by atomic mass is 32.2. The van der Waals surface area contributed by atoms with E-state index in [0.717, 1.165) is 11.1 Å². The Kier molecular flexibility index (Phi) is 7.09. The summed E-state index contributed by atoms with van der Waals surface area (Å²) in [6, 6.07) is 11.9. The quantitative estimate of drug-likeness (QED) is 0.684. The predicted octanol–water partition coefficient (Wildman–Crippen LogP) is 2.04. The molecule has 1 aliphatic heterocycles. The second kappa shape index (κ2) is 9.59. The molecule has 0 atom stereocenters. The number of anilines is 1. The summed E-state index contributed by atoms with van der Waals surface area (Å²) in [5.41, 5.74) is 2.41. The Morgan fingerprint density at radius 3 is 2.35 bits per heavy atom. The van der Waals surface area contributed by atoms with Crippen molar-refractivity contribution in [3.8, 4) is 0 Å². The Morgan fingerprint density at radius 1 is 1.03 bits per heavy atom. The second-order valence-corrected chi connectivity index (χ2v) is 9.44. The fraction of sp³-hybridized carbons (Fsp3) is 0.364. The van der Waals surface area contributed by atoms with Gasteiger partial charge in [0.15, 0.2) is 0 Å². The van der Waals surface area contributed by atoms with Crippen molar-refractivity contribution >= 4 is 27.6 Å². The molecule has 0 unspecified atom stereocenters. The number of rotatable bonds is 6. The number of carbonyl (C=O) groups excluding carboxylic acids is 2. The number of carbonyl (C=O) groups is 2. The van der Waals surface area contributed by atoms with E-state index in [9.17, 15) is 18.0 Å². The average molecular weight is 446 g/mol. The maximum Gasteiger partial charge on any atom is 0.339 e. The molecule has 0 spiro atoms. The van der Waals surface area contributed by atoms with Crippen molar-refractivity contribution in [2.24, 2.45) is 0 Å². The Balaban J connectivity index is 1.59. The summed E-state index contributed by atoms with van der Waals surface area (Å²) in [4.78, 5) is 26.5. The molecule has 2 aromatic rings. The summed E-state index contributed by atoms with van der Waals surface area (Å²) >= 11 is 0. The number of hydrogen-bond donors (Lipinski definition) is 1. The molecule has 1 fully saturated rings. The molecule has 9 heteroatoms. The van der Waals surface area contributed by atoms with Crippen molar-refractivity contribution in [2.45, 2.75) is 18.7 Å². The summed E-state index contributed by atoms with van der Waals surface area (Å²) in [6.45, 7) is 5.33. The second-order valence-electron chi connectivity index (χ2n) is 7.53. The lowest BCUT2D eigenvalue weighted by Crippen LogP contribution is -2.50. The Hall–Kier alpha value is -2.75. The average Bonchev–Trinajstić information content (AvgIpc) is 2.73. The molecule has 0 saturated carbocycles. The number of sulfonamides is 1. The van der Waals surface area contributed by atoms with Gasteiger partial charge < -0.3 is 10.1 Å². The van der Waals surface area contributed by atoms with Crippen molar-refractivity contribution in [1.82, 2.24) is 9.21 Å². The van der Waals surface area contributed by atoms with Crippen LogP contribution in [0.15, 0.2) is 47.4 Å². The van der Waals surface area contributed by atoms with E-state index in [1.54, 1.807) is 43.3 Å². The first-order chi connectivity index (χ1) is 14.7. The topological polar surface area (TPSA) is 96.0 Å². The predicted molar refractivity (Wildman–Crippen MR) is 118 cm³/mol. The summed E-state index contributed by atoms with van der Waals surface area (Å²) < 4.78 is 32.2. The summed E-state index contributed by atoms with van der Waals surface area (Å²) in [5.74, 6) is -0.803. The van der Waals surface area contributed by atoms with Crippen LogP contribution in [0.3, 0.4) is 0 Å². The number of piperazine rings is 1. The molecule has 1 saturated heterocycles. The summed E-state index contributed by atoms with van der Waals surface area (Å²) in [6.07, 6.45) is 0. The first kappa shape index (κ1) is 22.9. The molecule has 1 amide bonds. The summed E-state index contributed by atoms with van der Waals surface area (Å²) in [7, 11) is -2.29. The minimum absolute atomic E-state index is 0.104. The minimum Gasteiger partial charge on any atom is -0.465 e. The van der Waals surface area contributed by atoms with Crippen LogP contribution in [-0.2, 0) is 19.6 Å². The highest BCUT2D eigenvalue weighted by Crippen LogP contribution is 2.22. The highest BCUT2D eigenvalue weighted by Gasteiger charge is 2.30. The van der Waals surface area contributed by atoms with Crippen molar-refractivity contribution in [3.05, 3.63) is 59.2 Å². The fourth-order valence-corrected chi connectivity index (χ4v) is 5.26. The number of benzene rings is 2. The molecule has 0 bridgehead atoms. The smallest absolute Gasteiger partial charge is 0.339 e. The fourth-order valence-electron chi connectivity index (χ4n) is 3.63. The zero-order valence-electron chi connectivity index (χ0n) is 17.9. The third-order valence-corrected chi connectivity index (χ3v) is 7.31. The number of para-hydroxylation sites is 1. The molecule has 1 N–H and O–H groups in total. The van der Waals surface area contributed by atoms with Crippen LogP contribution in [-0.4, -0.2) is 69.3 Å². The summed E-state index contributed by atoms with van der Waals surface area (Å²) in [5, 5.41) is 2.74. The molecular formula is C22H27N3O5S. The third-order valence-electron chi connectivity index (χ3n) is 5.25. The van der Waals surface area contributed by atoms with Gasteiger partial charge in [-0.3, -0.25) is 9.69 Å². The molecular weight excluding hydrogens is 418 g/mol. The van der Waals surface area contributed by atoms with Gasteiger partial charge in [0.05, 0.1) is 29.8 Å². The van der Waals surface area contributed by atoms with Crippen LogP contribution in [0.5, 0.6) is 0 Å². The van der Waals surface area contributed by atoms with Crippen LogP contribution in [0.1, 0.15) is 21.5 Å². The van der Waals surface area contributed by atoms with E-state index in [2.05, 4.69) is 5.32 Å². The molecule has 166 valence electrons. The largest absolute Gasteiger partial charge is 0.465 e. The number of aryl methyl sites for hydroxylation is 2. The van der Waals surface area contributed by atoms with Crippen LogP contribution < -0.4 is 5.32 Å². The number of methoxy groups -OCH3 is 1. The first-order valence-corrected chi connectivity index (χ1v) is 11.4. The van der Waals surface area contributed by atoms with Crippen LogP contribution >= 0.6 is 0 Å². The van der Waals surface area contributed by atoms with E-state index in [-0.39, 0.29) is 18.0 Å². The number of amides is 1. The van der Waals surface area contributed by atoms with Gasteiger partial charge in [0, 0.05) is 26.2 Å². The van der Waals surface area contributed by atoms with E-state index >= 15 is 0 Å². The van der Waals surface area contributed by atoms with Gasteiger partial charge in [0.1, 0.15) is 0 Å². The van der Waals surface area contributed by atoms with E-state index in [4.69, 9.17) is 4.74 Å². The van der Waals surface area contributed by atoms with Crippen molar-refractivity contribution in [2.75, 3.05) is 45.2 Å². The molecule has 31 heavy (non-hydrogen) atoms. The standard InChI is InChI=1S/C22H27N3O5S/c1-16-8-9-20(17(2)14-16)31(28,29)25-12-10-24(11-13-25)15-21(26)23-19-7-5-4-6-18(19)22(27)30-3/h4-9,14H,10-13,15H2,1-3H3,(H,23,26). The Bertz CT molecular complexity index is 1080. The normalized spacial score (nSPS) is 15.5. The van der Waals surface area contributed by atoms with Gasteiger partial charge in [-0.1, -0.05) is 29.8 Å². The monoisotopic (exact) mass is 445 g/mol. The van der Waals surface area contributed by atoms with Gasteiger partial charge in [0.25, 0.3) is 0 Å². The maximum atomic E-state index is 13.0. The van der Waals surface area contributed by atoms with E-state index in [1.165, 1.54) is 11.4 Å². The Morgan fingerprint density at radius 2 is 1.71 bits per heavy atom. The number of hydrogen-bond acceptors (Lipinski definition) is 6. The lowest BCUT2D eigenvalue weighted by atomic mass is 10.2. The number of esters is 1. The van der Waals surface area contributed by atoms with Crippen molar-refractivity contribution in [1.29, 1.82) is 0 Å². The van der Waals surface area contributed by atoms with Crippen LogP contribution in [0, 0.1) is 13.8 Å². The first-order valence-electron chi connectivity index (χ1n) is 9.99. The molecule has 1 aliphatic rings. The number of nitrogens with one attached hydrogen (secondary N) is 1. The van der Waals surface area contributed by atoms with Crippen molar-refractivity contribution < 1.29 is 22.7 Å². The molecule has 0 aliphatic carbocycles. The maximum absolute atomic E-state index is 13.0. The molecule has 3 rings (SSSR count). The zero-order chi connectivity index (χ0) is 22.6. The number of nitrogens with zero attached hydrogens (tertiary/aromatic N) is 2. The van der Waals surface area contributed by atoms with Crippen LogP contribution in [0.25, 0.3) is 0 Å². The van der Waals surface area contributed by atoms with Crippen LogP contribution in [0.4, 0.5) is 5.69 Å². The van der Waals surface area contributed by atoms with Gasteiger partial charge in [0.2, 0.25) is 15.9 Å². The minimum atomic E-state index is -3.57. The molecule has 1 heterocycles. The van der Waals surface area contributed by atoms with E-state index in [1.807, 2.05) is 17.9 Å². The van der Waals surface area contributed by atoms with Gasteiger partial charge >= 0.3 is 5.97 Å². The Labute approximate surface area is 182 Å². The van der Waals surface area contributed by atoms with Gasteiger partial charge in [-0.15, -0.1) is 0 Å². The molecule has 8 nitrogen and oxygen atoms in total. The SMILES string of the molecule is COC(=O)c1ccccc1NC(=O)CN1CCN(S(=O)(=O)c2ccc(C)cc2C)CC1.